The van der Waals surface area contributed by atoms with Crippen LogP contribution in [0.4, 0.5) is 4.79 Å². The van der Waals surface area contributed by atoms with Crippen LogP contribution < -0.4 is 27.0 Å². The fraction of sp³-hybridized carbons (Fsp3) is 0.300. The van der Waals surface area contributed by atoms with E-state index in [2.05, 4.69) is 31.2 Å². The van der Waals surface area contributed by atoms with Gasteiger partial charge in [0, 0.05) is 69.2 Å². The Morgan fingerprint density at radius 2 is 1.37 bits per heavy atom. The molecule has 2 aliphatic rings. The number of amides is 6. The Balaban J connectivity index is 0.961. The number of pyridine rings is 1. The van der Waals surface area contributed by atoms with Gasteiger partial charge < -0.3 is 57.1 Å². The lowest BCUT2D eigenvalue weighted by Crippen LogP contribution is -2.50. The number of aliphatic carboxylic acids is 1. The van der Waals surface area contributed by atoms with Crippen LogP contribution in [0.25, 0.3) is 43.4 Å². The number of aryl methyl sites for hydroxylation is 1. The summed E-state index contributed by atoms with van der Waals surface area (Å²) in [5.74, 6) is -4.92. The van der Waals surface area contributed by atoms with E-state index < -0.39 is 90.3 Å². The van der Waals surface area contributed by atoms with Crippen LogP contribution in [-0.2, 0) is 32.1 Å². The third kappa shape index (κ3) is 14.8. The maximum absolute atomic E-state index is 15.2. The van der Waals surface area contributed by atoms with Crippen LogP contribution in [0.15, 0.2) is 93.6 Å². The summed E-state index contributed by atoms with van der Waals surface area (Å²) in [6.07, 6.45) is -1.74. The molecule has 1 fully saturated rings. The first-order valence-electron chi connectivity index (χ1n) is 28.4. The summed E-state index contributed by atoms with van der Waals surface area (Å²) in [7, 11) is 0. The molecule has 0 aliphatic carbocycles. The molecule has 2 aliphatic heterocycles. The number of nitrogens with two attached hydrogens (primary N) is 1. The van der Waals surface area contributed by atoms with Crippen molar-refractivity contribution in [3.8, 4) is 49.1 Å². The molecule has 0 unspecified atom stereocenters. The number of carboxylic acids is 1. The Kier molecular flexibility index (Phi) is 19.7. The number of primary amides is 1. The number of fused-ring (bicyclic) bond motifs is 16. The zero-order valence-electron chi connectivity index (χ0n) is 48.3. The molecule has 11 rings (SSSR count). The normalized spacial score (nSPS) is 19.0. The van der Waals surface area contributed by atoms with E-state index >= 15 is 4.79 Å². The first-order chi connectivity index (χ1) is 43.8. The first-order valence-corrected chi connectivity index (χ1v) is 33.6. The van der Waals surface area contributed by atoms with Crippen molar-refractivity contribution in [2.24, 2.45) is 11.7 Å². The number of alkyl carbamates (subject to hydrolysis) is 1. The van der Waals surface area contributed by atoms with Gasteiger partial charge in [-0.25, -0.2) is 39.7 Å². The van der Waals surface area contributed by atoms with E-state index in [4.69, 9.17) is 40.5 Å². The number of aliphatic hydroxyl groups is 2. The standard InChI is InChI=1S/C60H57N13O12S6/c1-28-42(75)21-73-48(28)58-70-41(27-90-58)55-67-38(24-88-55)46-34(16-17-35(64-46)54-63-32(23-86-54)22-85-60(84)62-18-8-4-7-11-44(77)78)53-68-39(25-87-53)50(80)65-36(20-43(61)76)56-72-45(29(2)91-56)52(82)71-47(49(79)31-9-5-3-6-10-31)57-69-40(26-89-57)51(81)66-37(59(73)83)19-30-12-14-33(74)15-13-30/h3,5-6,9-10,12-17,23-28,36-37,42,47-49,74-75,79H,4,7-8,11,18-22H2,1-2H3,(H2,61,76)(H,62,84)(H,65,80)(H,66,81)(H,71,82)(H,77,78)/t28-,36-,37-,42-,47-,48-,49+/m0/s1. The molecule has 1 saturated heterocycles. The minimum atomic E-state index is -1.42. The van der Waals surface area contributed by atoms with Crippen molar-refractivity contribution in [3.05, 3.63) is 147 Å². The van der Waals surface area contributed by atoms with Gasteiger partial charge in [-0.3, -0.25) is 28.8 Å². The highest BCUT2D eigenvalue weighted by Crippen LogP contribution is 2.43. The van der Waals surface area contributed by atoms with E-state index in [1.54, 1.807) is 77.7 Å². The highest BCUT2D eigenvalue weighted by molar-refractivity contribution is 7.15. The third-order valence-corrected chi connectivity index (χ3v) is 20.5. The average Bonchev–Trinajstić information content (AvgIpc) is 1.93. The van der Waals surface area contributed by atoms with Gasteiger partial charge in [0.1, 0.15) is 94.8 Å². The van der Waals surface area contributed by atoms with Crippen molar-refractivity contribution < 1.29 is 58.7 Å². The fourth-order valence-electron chi connectivity index (χ4n) is 10.3. The van der Waals surface area contributed by atoms with Crippen molar-refractivity contribution in [3.63, 3.8) is 0 Å². The smallest absolute Gasteiger partial charge is 0.407 e. The molecule has 91 heavy (non-hydrogen) atoms. The van der Waals surface area contributed by atoms with Gasteiger partial charge >= 0.3 is 12.1 Å². The third-order valence-electron chi connectivity index (χ3n) is 15.0. The summed E-state index contributed by atoms with van der Waals surface area (Å²) in [5.41, 5.74) is 9.09. The lowest BCUT2D eigenvalue weighted by atomic mass is 10.00. The number of carbonyl (C=O) groups is 7. The monoisotopic (exact) mass is 1340 g/mol. The van der Waals surface area contributed by atoms with Gasteiger partial charge in [0.05, 0.1) is 36.0 Å². The molecule has 9 aromatic rings. The summed E-state index contributed by atoms with van der Waals surface area (Å²) < 4.78 is 5.42. The van der Waals surface area contributed by atoms with Gasteiger partial charge in [-0.05, 0) is 55.2 Å². The Morgan fingerprint density at radius 1 is 0.703 bits per heavy atom. The molecular weight excluding hydrogens is 1290 g/mol. The van der Waals surface area contributed by atoms with Crippen LogP contribution in [0.3, 0.4) is 0 Å². The number of aromatic hydroxyl groups is 1. The largest absolute Gasteiger partial charge is 0.508 e. The second kappa shape index (κ2) is 28.1. The average molecular weight is 1340 g/mol. The summed E-state index contributed by atoms with van der Waals surface area (Å²) in [6.45, 7) is 3.52. The number of phenolic OH excluding ortho intramolecular Hbond substituents is 1. The Bertz CT molecular complexity index is 4170. The quantitative estimate of drug-likeness (QED) is 0.0437. The number of phenols is 1. The SMILES string of the molecule is Cc1sc2nc1C(=O)N[C@@H]([C@H](O)c1ccccc1)c1nc(cs1)C(=O)N[C@@H](Cc1ccc(O)cc1)C(=O)N1C[C@H](O)[C@H](C)[C@H]1c1nc(cs1)-c1nc(cs1)-c1nc(-c3nc(COC(=O)NCCCCCC(=O)O)cs3)ccc1-c1nc(cs1)C(=O)N[C@H]2CC(N)=O. The van der Waals surface area contributed by atoms with Gasteiger partial charge in [0.25, 0.3) is 17.7 Å². The number of carbonyl (C=O) groups excluding carboxylic acids is 6. The maximum Gasteiger partial charge on any atom is 0.407 e. The molecule has 10 N–H and O–H groups in total. The van der Waals surface area contributed by atoms with E-state index in [0.717, 1.165) is 34.0 Å². The number of ether oxygens (including phenoxy) is 1. The molecule has 7 aromatic heterocycles. The molecule has 6 amide bonds. The van der Waals surface area contributed by atoms with Crippen LogP contribution in [0.5, 0.6) is 5.75 Å². The number of nitrogens with one attached hydrogen (secondary N) is 4. The predicted octanol–water partition coefficient (Wildman–Crippen LogP) is 8.16. The Labute approximate surface area is 542 Å². The number of unbranched alkanes of at least 4 members (excludes halogenated alkanes) is 2. The number of hydrogen-bond donors (Lipinski definition) is 9. The van der Waals surface area contributed by atoms with Crippen molar-refractivity contribution in [2.45, 2.75) is 95.4 Å². The second-order valence-corrected chi connectivity index (χ2v) is 27.0. The Hall–Kier alpha value is -8.82. The van der Waals surface area contributed by atoms with Crippen molar-refractivity contribution in [1.82, 2.24) is 61.1 Å². The van der Waals surface area contributed by atoms with Crippen molar-refractivity contribution in [2.75, 3.05) is 13.1 Å². The molecule has 7 atom stereocenters. The topological polar surface area (TPSA) is 377 Å². The van der Waals surface area contributed by atoms with Gasteiger partial charge in [-0.1, -0.05) is 55.8 Å². The minimum absolute atomic E-state index is 0.00832. The number of aromatic nitrogens is 7. The van der Waals surface area contributed by atoms with Gasteiger partial charge in [0.2, 0.25) is 11.8 Å². The number of aliphatic hydroxyl groups excluding tert-OH is 2. The van der Waals surface area contributed by atoms with E-state index in [1.807, 2.05) is 6.92 Å². The predicted molar refractivity (Wildman–Crippen MR) is 340 cm³/mol. The first kappa shape index (κ1) is 63.7. The molecule has 2 aromatic carbocycles. The molecule has 31 heteroatoms. The van der Waals surface area contributed by atoms with Gasteiger partial charge in [-0.15, -0.1) is 68.0 Å². The van der Waals surface area contributed by atoms with Crippen LogP contribution in [0, 0.1) is 12.8 Å². The molecule has 9 heterocycles. The van der Waals surface area contributed by atoms with E-state index in [1.165, 1.54) is 61.8 Å². The van der Waals surface area contributed by atoms with Crippen LogP contribution in [-0.4, -0.2) is 127 Å². The molecule has 0 saturated carbocycles. The zero-order valence-corrected chi connectivity index (χ0v) is 53.2. The van der Waals surface area contributed by atoms with Gasteiger partial charge in [-0.2, -0.15) is 0 Å². The highest BCUT2D eigenvalue weighted by atomic mass is 32.1. The Morgan fingerprint density at radius 3 is 2.14 bits per heavy atom. The van der Waals surface area contributed by atoms with Crippen LogP contribution in [0.2, 0.25) is 0 Å². The van der Waals surface area contributed by atoms with Crippen molar-refractivity contribution >= 4 is 110 Å². The van der Waals surface area contributed by atoms with Crippen molar-refractivity contribution in [1.29, 1.82) is 0 Å². The lowest BCUT2D eigenvalue weighted by molar-refractivity contribution is -0.137. The molecule has 10 bridgehead atoms. The van der Waals surface area contributed by atoms with Crippen LogP contribution >= 0.6 is 68.0 Å². The lowest BCUT2D eigenvalue weighted by Gasteiger charge is -2.29. The molecule has 0 radical (unpaired) electrons. The van der Waals surface area contributed by atoms with E-state index in [-0.39, 0.29) is 58.8 Å². The molecule has 0 spiro atoms. The maximum atomic E-state index is 15.2. The minimum Gasteiger partial charge on any atom is -0.508 e. The number of nitrogens with zero attached hydrogens (tertiary/aromatic N) is 8. The highest BCUT2D eigenvalue weighted by Gasteiger charge is 2.45. The number of thiazole rings is 6. The zero-order chi connectivity index (χ0) is 64.0. The molecule has 25 nitrogen and oxygen atoms in total. The number of carboxylic acid groups (broad SMARTS) is 1. The molecular formula is C60H57N13O12S6. The van der Waals surface area contributed by atoms with E-state index in [0.29, 0.717) is 95.9 Å². The van der Waals surface area contributed by atoms with Gasteiger partial charge in [0.15, 0.2) is 0 Å². The number of hydrogen-bond acceptors (Lipinski definition) is 24. The second-order valence-electron chi connectivity index (χ2n) is 21.4. The summed E-state index contributed by atoms with van der Waals surface area (Å²) in [6, 6.07) is 13.8. The summed E-state index contributed by atoms with van der Waals surface area (Å²) in [4.78, 5) is 130. The number of benzene rings is 2. The van der Waals surface area contributed by atoms with E-state index in [9.17, 15) is 44.1 Å². The molecule has 470 valence electrons. The summed E-state index contributed by atoms with van der Waals surface area (Å²) >= 11 is 6.97. The fourth-order valence-corrected chi connectivity index (χ4v) is 15.6. The summed E-state index contributed by atoms with van der Waals surface area (Å²) in [5, 5.41) is 64.2. The number of rotatable bonds is 15. The van der Waals surface area contributed by atoms with Crippen LogP contribution in [0.1, 0.15) is 131 Å².